The highest BCUT2D eigenvalue weighted by atomic mass is 16.5. The van der Waals surface area contributed by atoms with Crippen molar-refractivity contribution in [1.82, 2.24) is 5.32 Å². The van der Waals surface area contributed by atoms with E-state index in [0.717, 1.165) is 17.1 Å². The van der Waals surface area contributed by atoms with E-state index in [1.165, 1.54) is 0 Å². The Kier molecular flexibility index (Phi) is 7.33. The minimum Gasteiger partial charge on any atom is -0.497 e. The van der Waals surface area contributed by atoms with Crippen LogP contribution in [0.2, 0.25) is 0 Å². The first-order valence-corrected chi connectivity index (χ1v) is 8.81. The summed E-state index contributed by atoms with van der Waals surface area (Å²) in [6, 6.07) is 15.1. The highest BCUT2D eigenvalue weighted by Crippen LogP contribution is 2.25. The SMILES string of the molecule is COc1ccc(O[C@@H](C)C(=O)NCCOc2ccccc2C(C)C)cc1. The van der Waals surface area contributed by atoms with Crippen molar-refractivity contribution in [3.63, 3.8) is 0 Å². The number of benzene rings is 2. The lowest BCUT2D eigenvalue weighted by Gasteiger charge is -2.16. The highest BCUT2D eigenvalue weighted by Gasteiger charge is 2.14. The molecule has 1 N–H and O–H groups in total. The average Bonchev–Trinajstić information content (AvgIpc) is 2.65. The van der Waals surface area contributed by atoms with Crippen LogP contribution in [-0.4, -0.2) is 32.3 Å². The maximum Gasteiger partial charge on any atom is 0.260 e. The number of hydrogen-bond donors (Lipinski definition) is 1. The summed E-state index contributed by atoms with van der Waals surface area (Å²) in [5.74, 6) is 2.43. The Morgan fingerprint density at radius 2 is 1.65 bits per heavy atom. The van der Waals surface area contributed by atoms with Crippen molar-refractivity contribution in [2.45, 2.75) is 32.8 Å². The molecule has 2 aromatic rings. The first kappa shape index (κ1) is 19.6. The first-order chi connectivity index (χ1) is 12.5. The Morgan fingerprint density at radius 3 is 2.31 bits per heavy atom. The molecule has 2 rings (SSSR count). The van der Waals surface area contributed by atoms with E-state index in [1.807, 2.05) is 18.2 Å². The molecule has 26 heavy (non-hydrogen) atoms. The number of ether oxygens (including phenoxy) is 3. The monoisotopic (exact) mass is 357 g/mol. The fraction of sp³-hybridized carbons (Fsp3) is 0.381. The van der Waals surface area contributed by atoms with E-state index in [2.05, 4.69) is 25.2 Å². The number of para-hydroxylation sites is 1. The maximum absolute atomic E-state index is 12.1. The zero-order valence-electron chi connectivity index (χ0n) is 15.8. The maximum atomic E-state index is 12.1. The standard InChI is InChI=1S/C21H27NO4/c1-15(2)19-7-5-6-8-20(19)25-14-13-22-21(23)16(3)26-18-11-9-17(24-4)10-12-18/h5-12,15-16H,13-14H2,1-4H3,(H,22,23)/t16-/m0/s1. The van der Waals surface area contributed by atoms with Crippen LogP contribution < -0.4 is 19.5 Å². The lowest BCUT2D eigenvalue weighted by molar-refractivity contribution is -0.127. The molecule has 0 fully saturated rings. The summed E-state index contributed by atoms with van der Waals surface area (Å²) in [4.78, 5) is 12.1. The molecule has 0 heterocycles. The lowest BCUT2D eigenvalue weighted by Crippen LogP contribution is -2.38. The van der Waals surface area contributed by atoms with Crippen LogP contribution in [0.1, 0.15) is 32.3 Å². The summed E-state index contributed by atoms with van der Waals surface area (Å²) in [6.07, 6.45) is -0.591. The Bertz CT molecular complexity index is 697. The van der Waals surface area contributed by atoms with Crippen LogP contribution in [0.5, 0.6) is 17.2 Å². The molecule has 5 nitrogen and oxygen atoms in total. The van der Waals surface area contributed by atoms with Gasteiger partial charge in [0.2, 0.25) is 0 Å². The smallest absolute Gasteiger partial charge is 0.260 e. The van der Waals surface area contributed by atoms with Gasteiger partial charge < -0.3 is 19.5 Å². The zero-order valence-corrected chi connectivity index (χ0v) is 15.8. The summed E-state index contributed by atoms with van der Waals surface area (Å²) in [5.41, 5.74) is 1.16. The first-order valence-electron chi connectivity index (χ1n) is 8.81. The lowest BCUT2D eigenvalue weighted by atomic mass is 10.0. The molecule has 0 spiro atoms. The molecule has 0 aliphatic rings. The minimum atomic E-state index is -0.591. The van der Waals surface area contributed by atoms with Crippen molar-refractivity contribution in [1.29, 1.82) is 0 Å². The fourth-order valence-corrected chi connectivity index (χ4v) is 2.48. The molecule has 0 radical (unpaired) electrons. The van der Waals surface area contributed by atoms with Gasteiger partial charge in [-0.05, 0) is 48.7 Å². The second-order valence-corrected chi connectivity index (χ2v) is 6.27. The molecule has 0 aliphatic heterocycles. The third-order valence-corrected chi connectivity index (χ3v) is 3.94. The number of carbonyl (C=O) groups is 1. The van der Waals surface area contributed by atoms with Crippen LogP contribution in [0.25, 0.3) is 0 Å². The minimum absolute atomic E-state index is 0.179. The molecule has 1 atom stereocenters. The number of amides is 1. The van der Waals surface area contributed by atoms with E-state index in [0.29, 0.717) is 24.8 Å². The van der Waals surface area contributed by atoms with Crippen molar-refractivity contribution in [2.75, 3.05) is 20.3 Å². The van der Waals surface area contributed by atoms with Gasteiger partial charge in [0.15, 0.2) is 6.10 Å². The van der Waals surface area contributed by atoms with Gasteiger partial charge >= 0.3 is 0 Å². The van der Waals surface area contributed by atoms with Gasteiger partial charge in [0.05, 0.1) is 13.7 Å². The molecule has 0 bridgehead atoms. The van der Waals surface area contributed by atoms with Gasteiger partial charge in [0, 0.05) is 0 Å². The van der Waals surface area contributed by atoms with E-state index < -0.39 is 6.10 Å². The van der Waals surface area contributed by atoms with Crippen molar-refractivity contribution in [3.05, 3.63) is 54.1 Å². The van der Waals surface area contributed by atoms with E-state index in [9.17, 15) is 4.79 Å². The van der Waals surface area contributed by atoms with Gasteiger partial charge in [-0.3, -0.25) is 4.79 Å². The number of rotatable bonds is 9. The second kappa shape index (κ2) is 9.70. The molecule has 0 unspecified atom stereocenters. The molecule has 0 saturated heterocycles. The van der Waals surface area contributed by atoms with E-state index in [1.54, 1.807) is 38.3 Å². The van der Waals surface area contributed by atoms with Crippen LogP contribution in [0, 0.1) is 0 Å². The van der Waals surface area contributed by atoms with Gasteiger partial charge in [-0.15, -0.1) is 0 Å². The van der Waals surface area contributed by atoms with Crippen molar-refractivity contribution in [2.24, 2.45) is 0 Å². The topological polar surface area (TPSA) is 56.8 Å². The van der Waals surface area contributed by atoms with E-state index in [-0.39, 0.29) is 5.91 Å². The Morgan fingerprint density at radius 1 is 1.00 bits per heavy atom. The molecule has 0 saturated carbocycles. The van der Waals surface area contributed by atoms with Gasteiger partial charge in [-0.1, -0.05) is 32.0 Å². The fourth-order valence-electron chi connectivity index (χ4n) is 2.48. The van der Waals surface area contributed by atoms with Crippen LogP contribution in [0.3, 0.4) is 0 Å². The summed E-state index contributed by atoms with van der Waals surface area (Å²) in [5, 5.41) is 2.83. The van der Waals surface area contributed by atoms with Crippen molar-refractivity contribution >= 4 is 5.91 Å². The van der Waals surface area contributed by atoms with Gasteiger partial charge in [-0.2, -0.15) is 0 Å². The quantitative estimate of drug-likeness (QED) is 0.694. The van der Waals surface area contributed by atoms with Crippen LogP contribution in [0.4, 0.5) is 0 Å². The van der Waals surface area contributed by atoms with Crippen LogP contribution >= 0.6 is 0 Å². The Balaban J connectivity index is 1.76. The molecular weight excluding hydrogens is 330 g/mol. The average molecular weight is 357 g/mol. The number of methoxy groups -OCH3 is 1. The summed E-state index contributed by atoms with van der Waals surface area (Å²) in [7, 11) is 1.60. The summed E-state index contributed by atoms with van der Waals surface area (Å²) >= 11 is 0. The van der Waals surface area contributed by atoms with Crippen LogP contribution in [0.15, 0.2) is 48.5 Å². The van der Waals surface area contributed by atoms with Crippen molar-refractivity contribution < 1.29 is 19.0 Å². The number of nitrogens with one attached hydrogen (secondary N) is 1. The Labute approximate surface area is 155 Å². The molecule has 140 valence electrons. The second-order valence-electron chi connectivity index (χ2n) is 6.27. The molecule has 1 amide bonds. The van der Waals surface area contributed by atoms with Gasteiger partial charge in [0.1, 0.15) is 23.9 Å². The predicted molar refractivity (Wildman–Crippen MR) is 102 cm³/mol. The third-order valence-electron chi connectivity index (χ3n) is 3.94. The Hall–Kier alpha value is -2.69. The van der Waals surface area contributed by atoms with E-state index >= 15 is 0 Å². The molecule has 0 aromatic heterocycles. The van der Waals surface area contributed by atoms with Gasteiger partial charge in [-0.25, -0.2) is 0 Å². The third kappa shape index (κ3) is 5.69. The number of carbonyl (C=O) groups excluding carboxylic acids is 1. The molecular formula is C21H27NO4. The zero-order chi connectivity index (χ0) is 18.9. The largest absolute Gasteiger partial charge is 0.497 e. The molecule has 0 aliphatic carbocycles. The normalized spacial score (nSPS) is 11.7. The van der Waals surface area contributed by atoms with Gasteiger partial charge in [0.25, 0.3) is 5.91 Å². The van der Waals surface area contributed by atoms with Crippen molar-refractivity contribution in [3.8, 4) is 17.2 Å². The number of hydrogen-bond acceptors (Lipinski definition) is 4. The van der Waals surface area contributed by atoms with E-state index in [4.69, 9.17) is 14.2 Å². The van der Waals surface area contributed by atoms with Crippen LogP contribution in [-0.2, 0) is 4.79 Å². The molecule has 2 aromatic carbocycles. The highest BCUT2D eigenvalue weighted by molar-refractivity contribution is 5.80. The summed E-state index contributed by atoms with van der Waals surface area (Å²) < 4.78 is 16.5. The predicted octanol–water partition coefficient (Wildman–Crippen LogP) is 3.78. The molecule has 5 heteroatoms. The summed E-state index contributed by atoms with van der Waals surface area (Å²) in [6.45, 7) is 6.80.